The van der Waals surface area contributed by atoms with E-state index in [2.05, 4.69) is 26.1 Å². The van der Waals surface area contributed by atoms with Crippen LogP contribution >= 0.6 is 0 Å². The number of carbonyl (C=O) groups excluding carboxylic acids is 1. The number of hydrogen-bond acceptors (Lipinski definition) is 2. The van der Waals surface area contributed by atoms with Gasteiger partial charge in [0.05, 0.1) is 11.3 Å². The molecule has 1 atom stereocenters. The summed E-state index contributed by atoms with van der Waals surface area (Å²) in [5.41, 5.74) is 4.89. The van der Waals surface area contributed by atoms with Crippen LogP contribution in [0.25, 0.3) is 0 Å². The predicted octanol–water partition coefficient (Wildman–Crippen LogP) is 2.96. The zero-order chi connectivity index (χ0) is 14.8. The number of amides is 1. The quantitative estimate of drug-likeness (QED) is 0.830. The first-order chi connectivity index (χ1) is 8.62. The lowest BCUT2D eigenvalue weighted by Crippen LogP contribution is -2.34. The maximum absolute atomic E-state index is 13.5. The Morgan fingerprint density at radius 1 is 1.32 bits per heavy atom. The average molecular weight is 270 g/mol. The number of nitrogens with one attached hydrogen (secondary N) is 1. The van der Waals surface area contributed by atoms with E-state index in [1.807, 2.05) is 6.92 Å². The van der Waals surface area contributed by atoms with Gasteiger partial charge in [-0.05, 0) is 17.4 Å². The van der Waals surface area contributed by atoms with Crippen LogP contribution in [0.1, 0.15) is 38.1 Å². The van der Waals surface area contributed by atoms with Crippen LogP contribution in [0.3, 0.4) is 0 Å². The van der Waals surface area contributed by atoms with Crippen molar-refractivity contribution in [1.29, 1.82) is 0 Å². The molecule has 0 aliphatic carbocycles. The molecule has 0 aliphatic rings. The summed E-state index contributed by atoms with van der Waals surface area (Å²) in [6, 6.07) is 1.64. The van der Waals surface area contributed by atoms with Crippen molar-refractivity contribution in [2.24, 2.45) is 11.3 Å². The molecule has 3 nitrogen and oxygen atoms in total. The number of benzene rings is 1. The molecule has 0 aromatic heterocycles. The number of halogens is 2. The van der Waals surface area contributed by atoms with Crippen LogP contribution in [-0.2, 0) is 0 Å². The smallest absolute Gasteiger partial charge is 0.254 e. The van der Waals surface area contributed by atoms with Gasteiger partial charge in [-0.2, -0.15) is 0 Å². The highest BCUT2D eigenvalue weighted by Crippen LogP contribution is 2.24. The molecule has 0 saturated heterocycles. The Labute approximate surface area is 112 Å². The van der Waals surface area contributed by atoms with Crippen LogP contribution in [-0.4, -0.2) is 12.5 Å². The molecule has 0 spiro atoms. The lowest BCUT2D eigenvalue weighted by molar-refractivity contribution is 0.0933. The monoisotopic (exact) mass is 270 g/mol. The number of carbonyl (C=O) groups is 1. The Bertz CT molecular complexity index is 481. The Hall–Kier alpha value is -1.65. The third kappa shape index (κ3) is 3.91. The Morgan fingerprint density at radius 3 is 2.42 bits per heavy atom. The molecule has 5 heteroatoms. The summed E-state index contributed by atoms with van der Waals surface area (Å²) in [7, 11) is 0. The van der Waals surface area contributed by atoms with Gasteiger partial charge in [0.15, 0.2) is 0 Å². The first-order valence-corrected chi connectivity index (χ1v) is 6.15. The molecular formula is C14H20F2N2O. The molecule has 1 amide bonds. The third-order valence-electron chi connectivity index (χ3n) is 3.38. The van der Waals surface area contributed by atoms with Crippen molar-refractivity contribution in [2.75, 3.05) is 12.3 Å². The largest absolute Gasteiger partial charge is 0.396 e. The summed E-state index contributed by atoms with van der Waals surface area (Å²) in [4.78, 5) is 11.8. The van der Waals surface area contributed by atoms with Crippen LogP contribution in [0, 0.1) is 23.0 Å². The van der Waals surface area contributed by atoms with Crippen molar-refractivity contribution >= 4 is 11.6 Å². The van der Waals surface area contributed by atoms with Crippen LogP contribution in [0.2, 0.25) is 0 Å². The zero-order valence-corrected chi connectivity index (χ0v) is 11.7. The highest BCUT2D eigenvalue weighted by Gasteiger charge is 2.21. The number of hydrogen-bond donors (Lipinski definition) is 2. The van der Waals surface area contributed by atoms with Crippen molar-refractivity contribution in [1.82, 2.24) is 5.32 Å². The molecule has 0 heterocycles. The van der Waals surface area contributed by atoms with E-state index in [0.29, 0.717) is 12.6 Å². The van der Waals surface area contributed by atoms with E-state index >= 15 is 0 Å². The molecule has 0 fully saturated rings. The molecule has 0 bridgehead atoms. The van der Waals surface area contributed by atoms with Gasteiger partial charge in [-0.3, -0.25) is 4.79 Å². The van der Waals surface area contributed by atoms with E-state index in [-0.39, 0.29) is 22.6 Å². The van der Waals surface area contributed by atoms with Crippen LogP contribution < -0.4 is 11.1 Å². The summed E-state index contributed by atoms with van der Waals surface area (Å²) < 4.78 is 26.5. The molecule has 1 rings (SSSR count). The van der Waals surface area contributed by atoms with Crippen molar-refractivity contribution < 1.29 is 13.6 Å². The number of rotatable bonds is 3. The van der Waals surface area contributed by atoms with Gasteiger partial charge in [-0.25, -0.2) is 8.78 Å². The molecular weight excluding hydrogens is 250 g/mol. The van der Waals surface area contributed by atoms with Gasteiger partial charge in [0, 0.05) is 12.6 Å². The van der Waals surface area contributed by atoms with E-state index in [0.717, 1.165) is 6.07 Å². The second-order valence-corrected chi connectivity index (χ2v) is 5.83. The van der Waals surface area contributed by atoms with E-state index in [9.17, 15) is 13.6 Å². The third-order valence-corrected chi connectivity index (χ3v) is 3.38. The second kappa shape index (κ2) is 5.55. The number of nitrogen functional groups attached to an aromatic ring is 1. The van der Waals surface area contributed by atoms with Gasteiger partial charge in [-0.15, -0.1) is 0 Å². The Balaban J connectivity index is 2.77. The minimum absolute atomic E-state index is 0.0354. The standard InChI is InChI=1S/C14H20F2N2O/c1-8(14(2,3)4)7-18-13(19)9-5-12(17)11(16)6-10(9)15/h5-6,8H,7,17H2,1-4H3,(H,18,19). The maximum Gasteiger partial charge on any atom is 0.254 e. The van der Waals surface area contributed by atoms with E-state index in [1.54, 1.807) is 0 Å². The fourth-order valence-electron chi connectivity index (χ4n) is 1.39. The highest BCUT2D eigenvalue weighted by molar-refractivity contribution is 5.95. The van der Waals surface area contributed by atoms with Gasteiger partial charge < -0.3 is 11.1 Å². The van der Waals surface area contributed by atoms with Gasteiger partial charge in [0.1, 0.15) is 11.6 Å². The van der Waals surface area contributed by atoms with Crippen molar-refractivity contribution in [3.63, 3.8) is 0 Å². The van der Waals surface area contributed by atoms with Crippen LogP contribution in [0.4, 0.5) is 14.5 Å². The topological polar surface area (TPSA) is 55.1 Å². The van der Waals surface area contributed by atoms with Crippen LogP contribution in [0.15, 0.2) is 12.1 Å². The molecule has 3 N–H and O–H groups in total. The number of nitrogens with two attached hydrogens (primary N) is 1. The molecule has 0 saturated carbocycles. The molecule has 19 heavy (non-hydrogen) atoms. The SMILES string of the molecule is CC(CNC(=O)c1cc(N)c(F)cc1F)C(C)(C)C. The molecule has 106 valence electrons. The predicted molar refractivity (Wildman–Crippen MR) is 71.7 cm³/mol. The van der Waals surface area contributed by atoms with Gasteiger partial charge >= 0.3 is 0 Å². The highest BCUT2D eigenvalue weighted by atomic mass is 19.1. The average Bonchev–Trinajstić information content (AvgIpc) is 2.29. The van der Waals surface area contributed by atoms with Crippen LogP contribution in [0.5, 0.6) is 0 Å². The van der Waals surface area contributed by atoms with Gasteiger partial charge in [0.25, 0.3) is 5.91 Å². The molecule has 1 aromatic carbocycles. The summed E-state index contributed by atoms with van der Waals surface area (Å²) in [6.45, 7) is 8.58. The van der Waals surface area contributed by atoms with E-state index in [4.69, 9.17) is 5.73 Å². The lowest BCUT2D eigenvalue weighted by atomic mass is 9.82. The summed E-state index contributed by atoms with van der Waals surface area (Å²) in [6.07, 6.45) is 0. The fraction of sp³-hybridized carbons (Fsp3) is 0.500. The summed E-state index contributed by atoms with van der Waals surface area (Å²) in [5, 5.41) is 2.64. The molecule has 0 aliphatic heterocycles. The minimum Gasteiger partial charge on any atom is -0.396 e. The van der Waals surface area contributed by atoms with Gasteiger partial charge in [-0.1, -0.05) is 27.7 Å². The maximum atomic E-state index is 13.5. The summed E-state index contributed by atoms with van der Waals surface area (Å²) in [5.74, 6) is -2.14. The fourth-order valence-corrected chi connectivity index (χ4v) is 1.39. The van der Waals surface area contributed by atoms with Crippen molar-refractivity contribution in [3.05, 3.63) is 29.3 Å². The minimum atomic E-state index is -0.910. The summed E-state index contributed by atoms with van der Waals surface area (Å²) >= 11 is 0. The van der Waals surface area contributed by atoms with Crippen molar-refractivity contribution in [3.8, 4) is 0 Å². The molecule has 1 aromatic rings. The Morgan fingerprint density at radius 2 is 1.89 bits per heavy atom. The molecule has 0 radical (unpaired) electrons. The second-order valence-electron chi connectivity index (χ2n) is 5.83. The Kier molecular flexibility index (Phi) is 4.50. The zero-order valence-electron chi connectivity index (χ0n) is 11.7. The van der Waals surface area contributed by atoms with Crippen molar-refractivity contribution in [2.45, 2.75) is 27.7 Å². The first-order valence-electron chi connectivity index (χ1n) is 6.15. The van der Waals surface area contributed by atoms with E-state index < -0.39 is 17.5 Å². The first kappa shape index (κ1) is 15.4. The molecule has 1 unspecified atom stereocenters. The number of anilines is 1. The van der Waals surface area contributed by atoms with E-state index in [1.165, 1.54) is 0 Å². The lowest BCUT2D eigenvalue weighted by Gasteiger charge is -2.27. The van der Waals surface area contributed by atoms with Gasteiger partial charge in [0.2, 0.25) is 0 Å². The normalized spacial score (nSPS) is 13.2.